The molecule has 5 rings (SSSR count). The summed E-state index contributed by atoms with van der Waals surface area (Å²) in [4.78, 5) is 42.2. The van der Waals surface area contributed by atoms with Crippen molar-refractivity contribution in [2.45, 2.75) is 85.1 Å². The number of ketones is 1. The Bertz CT molecular complexity index is 1060. The Kier molecular flexibility index (Phi) is 8.63. The van der Waals surface area contributed by atoms with Gasteiger partial charge < -0.3 is 9.64 Å². The Morgan fingerprint density at radius 3 is 2.58 bits per heavy atom. The highest BCUT2D eigenvalue weighted by Gasteiger charge is 2.79. The molecule has 3 N–H and O–H groups in total. The van der Waals surface area contributed by atoms with E-state index in [1.165, 1.54) is 12.8 Å². The van der Waals surface area contributed by atoms with Crippen LogP contribution in [-0.2, 0) is 20.7 Å². The van der Waals surface area contributed by atoms with Crippen molar-refractivity contribution < 1.29 is 19.5 Å². The predicted molar refractivity (Wildman–Crippen MR) is 151 cm³/mol. The van der Waals surface area contributed by atoms with Gasteiger partial charge in [0.1, 0.15) is 11.6 Å². The van der Waals surface area contributed by atoms with E-state index in [0.717, 1.165) is 45.2 Å². The molecule has 0 radical (unpaired) electrons. The molecular weight excluding hydrogens is 510 g/mol. The van der Waals surface area contributed by atoms with Crippen molar-refractivity contribution in [2.75, 3.05) is 43.2 Å². The van der Waals surface area contributed by atoms with Crippen LogP contribution in [0.3, 0.4) is 0 Å². The first-order valence-corrected chi connectivity index (χ1v) is 15.3. The molecule has 4 unspecified atom stereocenters. The average Bonchev–Trinajstić information content (AvgIpc) is 3.23. The highest BCUT2D eigenvalue weighted by Crippen LogP contribution is 2.76. The van der Waals surface area contributed by atoms with Crippen molar-refractivity contribution in [1.29, 1.82) is 0 Å². The molecule has 1 saturated heterocycles. The molecule has 0 aromatic carbocycles. The molecule has 1 aromatic heterocycles. The number of aromatic nitrogens is 3. The third-order valence-corrected chi connectivity index (χ3v) is 10.4. The van der Waals surface area contributed by atoms with E-state index in [2.05, 4.69) is 46.5 Å². The van der Waals surface area contributed by atoms with Gasteiger partial charge in [-0.05, 0) is 42.4 Å². The molecule has 11 heteroatoms. The fourth-order valence-electron chi connectivity index (χ4n) is 8.24. The zero-order chi connectivity index (χ0) is 28.5. The van der Waals surface area contributed by atoms with Crippen molar-refractivity contribution in [3.05, 3.63) is 5.82 Å². The quantitative estimate of drug-likeness (QED) is 0.200. The molecule has 3 saturated carbocycles. The molecule has 4 aliphatic rings. The van der Waals surface area contributed by atoms with Crippen LogP contribution in [0.1, 0.15) is 78.5 Å². The van der Waals surface area contributed by atoms with E-state index >= 15 is 0 Å². The van der Waals surface area contributed by atoms with Crippen molar-refractivity contribution >= 4 is 24.1 Å². The van der Waals surface area contributed by atoms with E-state index < -0.39 is 11.3 Å². The van der Waals surface area contributed by atoms with Gasteiger partial charge in [-0.15, -0.1) is 0 Å². The number of carbonyl (C=O) groups is 2. The van der Waals surface area contributed by atoms with Gasteiger partial charge in [-0.3, -0.25) is 20.2 Å². The number of morpholine rings is 1. The van der Waals surface area contributed by atoms with Crippen LogP contribution in [0.4, 0.5) is 11.9 Å². The minimum Gasteiger partial charge on any atom is -0.378 e. The van der Waals surface area contributed by atoms with Crippen LogP contribution >= 0.6 is 0 Å². The molecule has 1 aromatic rings. The third kappa shape index (κ3) is 5.32. The van der Waals surface area contributed by atoms with Crippen molar-refractivity contribution in [1.82, 2.24) is 25.4 Å². The second-order valence-corrected chi connectivity index (χ2v) is 12.9. The molecule has 40 heavy (non-hydrogen) atoms. The Balaban J connectivity index is 1.40. The van der Waals surface area contributed by atoms with Crippen LogP contribution in [-0.4, -0.2) is 76.3 Å². The van der Waals surface area contributed by atoms with Gasteiger partial charge in [0.05, 0.1) is 25.2 Å². The number of nitrogens with one attached hydrogen (secondary N) is 2. The second kappa shape index (κ2) is 11.9. The molecule has 4 fully saturated rings. The van der Waals surface area contributed by atoms with E-state index in [0.29, 0.717) is 54.7 Å². The van der Waals surface area contributed by atoms with E-state index in [9.17, 15) is 14.8 Å². The summed E-state index contributed by atoms with van der Waals surface area (Å²) in [6.07, 6.45) is 8.43. The molecule has 222 valence electrons. The number of aryl methyl sites for hydroxylation is 1. The zero-order valence-electron chi connectivity index (χ0n) is 24.6. The van der Waals surface area contributed by atoms with Crippen LogP contribution < -0.4 is 15.8 Å². The number of ether oxygens (including phenoxy) is 1. The van der Waals surface area contributed by atoms with E-state index in [4.69, 9.17) is 9.72 Å². The topological polar surface area (TPSA) is 133 Å². The molecule has 0 bridgehead atoms. The van der Waals surface area contributed by atoms with Gasteiger partial charge in [0.2, 0.25) is 18.3 Å². The summed E-state index contributed by atoms with van der Waals surface area (Å²) in [5.74, 6) is 2.53. The number of hydroxylamine groups is 2. The van der Waals surface area contributed by atoms with Gasteiger partial charge in [0.25, 0.3) is 0 Å². The summed E-state index contributed by atoms with van der Waals surface area (Å²) in [6.45, 7) is 11.5. The molecular formula is C29H47N7O4. The maximum absolute atomic E-state index is 14.7. The van der Waals surface area contributed by atoms with Crippen molar-refractivity contribution in [3.8, 4) is 0 Å². The van der Waals surface area contributed by atoms with Crippen molar-refractivity contribution in [3.63, 3.8) is 0 Å². The zero-order valence-corrected chi connectivity index (χ0v) is 24.6. The molecule has 1 amide bonds. The largest absolute Gasteiger partial charge is 0.378 e. The first-order chi connectivity index (χ1) is 19.2. The van der Waals surface area contributed by atoms with Gasteiger partial charge in [-0.2, -0.15) is 15.0 Å². The van der Waals surface area contributed by atoms with Gasteiger partial charge in [-0.25, -0.2) is 10.5 Å². The lowest BCUT2D eigenvalue weighted by molar-refractivity contribution is -0.156. The maximum atomic E-state index is 14.7. The summed E-state index contributed by atoms with van der Waals surface area (Å²) < 4.78 is 5.50. The second-order valence-electron chi connectivity index (χ2n) is 12.9. The number of hydrazine groups is 1. The normalized spacial score (nSPS) is 30.4. The fraction of sp³-hybridized carbons (Fsp3) is 0.828. The number of nitrogens with zero attached hydrogens (tertiary/aromatic N) is 5. The number of amides is 1. The molecule has 11 nitrogen and oxygen atoms in total. The van der Waals surface area contributed by atoms with Gasteiger partial charge in [0.15, 0.2) is 0 Å². The Hall–Kier alpha value is -2.37. The highest BCUT2D eigenvalue weighted by molar-refractivity contribution is 5.93. The average molecular weight is 558 g/mol. The molecule has 0 spiro atoms. The maximum Gasteiger partial charge on any atom is 0.242 e. The standard InChI is InChI=1S/C29H47N7O4/c1-5-23-30-26(32-27(31-23)35-12-14-40-15-13-35)34-33-24-19(2)10-11-22-28(3,4)29(22,24)25(38)21(17-36(39)18-37)16-20-8-6-7-9-20/h18-22,24,33,39H,5-17H2,1-4H3,(H,30,31,32,34)/t19?,21-,22?,24?,29?/m1/s1. The summed E-state index contributed by atoms with van der Waals surface area (Å²) in [6, 6.07) is -0.142. The molecule has 2 heterocycles. The Labute approximate surface area is 237 Å². The number of hydrogen-bond donors (Lipinski definition) is 3. The number of rotatable bonds is 12. The van der Waals surface area contributed by atoms with Gasteiger partial charge in [-0.1, -0.05) is 53.4 Å². The summed E-state index contributed by atoms with van der Waals surface area (Å²) in [5.41, 5.74) is 6.04. The summed E-state index contributed by atoms with van der Waals surface area (Å²) in [5, 5.41) is 10.8. The highest BCUT2D eigenvalue weighted by atomic mass is 16.5. The smallest absolute Gasteiger partial charge is 0.242 e. The number of carbonyl (C=O) groups excluding carboxylic acids is 2. The summed E-state index contributed by atoms with van der Waals surface area (Å²) >= 11 is 0. The van der Waals surface area contributed by atoms with Crippen molar-refractivity contribution in [2.24, 2.45) is 34.5 Å². The van der Waals surface area contributed by atoms with E-state index in [1.54, 1.807) is 0 Å². The number of fused-ring (bicyclic) bond motifs is 1. The fourth-order valence-corrected chi connectivity index (χ4v) is 8.24. The van der Waals surface area contributed by atoms with E-state index in [1.807, 2.05) is 6.92 Å². The minimum absolute atomic E-state index is 0.0497. The van der Waals surface area contributed by atoms with Crippen LogP contribution in [0, 0.1) is 34.5 Å². The van der Waals surface area contributed by atoms with Crippen LogP contribution in [0.5, 0.6) is 0 Å². The first-order valence-electron chi connectivity index (χ1n) is 15.3. The summed E-state index contributed by atoms with van der Waals surface area (Å²) in [7, 11) is 0. The lowest BCUT2D eigenvalue weighted by Gasteiger charge is -2.40. The number of Topliss-reactive ketones (excluding diaryl/α,β-unsaturated/α-hetero) is 1. The predicted octanol–water partition coefficient (Wildman–Crippen LogP) is 3.24. The third-order valence-electron chi connectivity index (χ3n) is 10.4. The number of hydrogen-bond acceptors (Lipinski definition) is 10. The molecule has 1 aliphatic heterocycles. The van der Waals surface area contributed by atoms with Gasteiger partial charge >= 0.3 is 0 Å². The SMILES string of the molecule is CCc1nc(NNC2C(C)CCC3C(C)(C)C23C(=O)[C@H](CC2CCCC2)CN(O)C=O)nc(N2CCOCC2)n1. The number of anilines is 2. The molecule has 5 atom stereocenters. The molecule has 3 aliphatic carbocycles. The van der Waals surface area contributed by atoms with Gasteiger partial charge in [0, 0.05) is 31.5 Å². The first kappa shape index (κ1) is 29.1. The lowest BCUT2D eigenvalue weighted by atomic mass is 9.69. The Morgan fingerprint density at radius 1 is 1.18 bits per heavy atom. The monoisotopic (exact) mass is 557 g/mol. The van der Waals surface area contributed by atoms with E-state index in [-0.39, 0.29) is 35.6 Å². The lowest BCUT2D eigenvalue weighted by Crippen LogP contribution is -2.55. The minimum atomic E-state index is -0.599. The van der Waals surface area contributed by atoms with Crippen LogP contribution in [0.2, 0.25) is 0 Å². The van der Waals surface area contributed by atoms with Crippen LogP contribution in [0.15, 0.2) is 0 Å². The Morgan fingerprint density at radius 2 is 1.90 bits per heavy atom. The van der Waals surface area contributed by atoms with Crippen LogP contribution in [0.25, 0.3) is 0 Å².